The third-order valence-corrected chi connectivity index (χ3v) is 3.59. The van der Waals surface area contributed by atoms with Crippen molar-refractivity contribution < 1.29 is 49.0 Å². The highest BCUT2D eigenvalue weighted by Crippen LogP contribution is 2.22. The molecule has 0 bridgehead atoms. The van der Waals surface area contributed by atoms with Gasteiger partial charge in [-0.3, -0.25) is 9.59 Å². The summed E-state index contributed by atoms with van der Waals surface area (Å²) in [5, 5.41) is 40.1. The maximum atomic E-state index is 11.3. The van der Waals surface area contributed by atoms with Gasteiger partial charge in [-0.05, 0) is 0 Å². The van der Waals surface area contributed by atoms with Crippen LogP contribution in [-0.4, -0.2) is 103 Å². The maximum absolute atomic E-state index is 11.3. The second-order valence-corrected chi connectivity index (χ2v) is 5.67. The maximum Gasteiger partial charge on any atom is 0.305 e. The molecule has 0 aromatic rings. The molecule has 26 heavy (non-hydrogen) atoms. The molecule has 0 spiro atoms. The molecule has 1 saturated heterocycles. The molecule has 1 aliphatic heterocycles. The quantitative estimate of drug-likeness (QED) is 0.227. The first-order valence-electron chi connectivity index (χ1n) is 8.25. The van der Waals surface area contributed by atoms with E-state index in [1.54, 1.807) is 0 Å². The van der Waals surface area contributed by atoms with Crippen molar-refractivity contribution in [2.75, 3.05) is 39.6 Å². The first-order chi connectivity index (χ1) is 12.4. The Hall–Kier alpha value is -1.34. The molecule has 0 aliphatic carbocycles. The van der Waals surface area contributed by atoms with Gasteiger partial charge in [0.15, 0.2) is 6.29 Å². The molecule has 0 unspecified atom stereocenters. The van der Waals surface area contributed by atoms with E-state index in [4.69, 9.17) is 24.1 Å². The van der Waals surface area contributed by atoms with E-state index >= 15 is 0 Å². The summed E-state index contributed by atoms with van der Waals surface area (Å²) in [4.78, 5) is 21.6. The van der Waals surface area contributed by atoms with Crippen molar-refractivity contribution >= 4 is 11.9 Å². The zero-order valence-corrected chi connectivity index (χ0v) is 14.6. The van der Waals surface area contributed by atoms with Crippen LogP contribution in [0.4, 0.5) is 0 Å². The molecule has 1 amide bonds. The fourth-order valence-electron chi connectivity index (χ4n) is 2.32. The van der Waals surface area contributed by atoms with Crippen molar-refractivity contribution in [3.05, 3.63) is 0 Å². The minimum atomic E-state index is -1.36. The minimum absolute atomic E-state index is 0.0663. The van der Waals surface area contributed by atoms with Crippen LogP contribution in [0.1, 0.15) is 13.3 Å². The molecular formula is C15H27NO10. The number of amides is 1. The van der Waals surface area contributed by atoms with Crippen LogP contribution in [0.25, 0.3) is 0 Å². The number of carboxylic acid groups (broad SMARTS) is 1. The van der Waals surface area contributed by atoms with Gasteiger partial charge in [-0.15, -0.1) is 0 Å². The van der Waals surface area contributed by atoms with E-state index in [-0.39, 0.29) is 39.5 Å². The number of aliphatic hydroxyl groups is 3. The summed E-state index contributed by atoms with van der Waals surface area (Å²) in [5.74, 6) is -1.37. The van der Waals surface area contributed by atoms with E-state index in [0.29, 0.717) is 0 Å². The predicted octanol–water partition coefficient (Wildman–Crippen LogP) is -2.55. The van der Waals surface area contributed by atoms with Gasteiger partial charge < -0.3 is 44.7 Å². The van der Waals surface area contributed by atoms with Gasteiger partial charge in [0, 0.05) is 6.92 Å². The number of carboxylic acids is 1. The highest BCUT2D eigenvalue weighted by Gasteiger charge is 2.45. The van der Waals surface area contributed by atoms with Gasteiger partial charge in [0.1, 0.15) is 24.4 Å². The van der Waals surface area contributed by atoms with Crippen molar-refractivity contribution in [3.8, 4) is 0 Å². The summed E-state index contributed by atoms with van der Waals surface area (Å²) in [7, 11) is 0. The van der Waals surface area contributed by atoms with E-state index in [2.05, 4.69) is 5.32 Å². The lowest BCUT2D eigenvalue weighted by molar-refractivity contribution is -0.272. The number of nitrogens with one attached hydrogen (secondary N) is 1. The Bertz CT molecular complexity index is 435. The Balaban J connectivity index is 2.31. The molecule has 1 heterocycles. The van der Waals surface area contributed by atoms with Crippen LogP contribution < -0.4 is 5.32 Å². The van der Waals surface area contributed by atoms with Crippen LogP contribution in [0.5, 0.6) is 0 Å². The van der Waals surface area contributed by atoms with Crippen LogP contribution in [0.3, 0.4) is 0 Å². The number of hydrogen-bond donors (Lipinski definition) is 5. The average Bonchev–Trinajstić information content (AvgIpc) is 2.58. The second kappa shape index (κ2) is 12.1. The van der Waals surface area contributed by atoms with E-state index < -0.39 is 49.1 Å². The normalized spacial score (nSPS) is 28.7. The predicted molar refractivity (Wildman–Crippen MR) is 85.2 cm³/mol. The molecule has 0 saturated carbocycles. The first kappa shape index (κ1) is 22.7. The molecule has 11 heteroatoms. The number of hydrogen-bond acceptors (Lipinski definition) is 9. The largest absolute Gasteiger partial charge is 0.481 e. The Morgan fingerprint density at radius 3 is 2.23 bits per heavy atom. The van der Waals surface area contributed by atoms with Gasteiger partial charge in [-0.2, -0.15) is 0 Å². The van der Waals surface area contributed by atoms with Crippen LogP contribution >= 0.6 is 0 Å². The van der Waals surface area contributed by atoms with Crippen molar-refractivity contribution in [3.63, 3.8) is 0 Å². The third kappa shape index (κ3) is 7.91. The third-order valence-electron chi connectivity index (χ3n) is 3.59. The van der Waals surface area contributed by atoms with Gasteiger partial charge >= 0.3 is 5.97 Å². The fourth-order valence-corrected chi connectivity index (χ4v) is 2.32. The van der Waals surface area contributed by atoms with E-state index in [9.17, 15) is 24.9 Å². The summed E-state index contributed by atoms with van der Waals surface area (Å²) >= 11 is 0. The average molecular weight is 381 g/mol. The Labute approximate surface area is 150 Å². The topological polar surface area (TPSA) is 164 Å². The van der Waals surface area contributed by atoms with Crippen molar-refractivity contribution in [2.45, 2.75) is 44.0 Å². The number of aliphatic carboxylic acids is 1. The van der Waals surface area contributed by atoms with Crippen molar-refractivity contribution in [1.29, 1.82) is 0 Å². The Morgan fingerprint density at radius 2 is 1.65 bits per heavy atom. The number of carbonyl (C=O) groups excluding carboxylic acids is 1. The summed E-state index contributed by atoms with van der Waals surface area (Å²) < 4.78 is 21.1. The standard InChI is InChI=1S/C15H27NO10/c1-9(18)16-12-14(22)13(21)10(8-17)26-15(12)25-7-6-24-5-4-23-3-2-11(19)20/h10,12-15,17,21-22H,2-8H2,1H3,(H,16,18)(H,19,20)/t10-,12-,13+,14-,15+/m1/s1. The van der Waals surface area contributed by atoms with Crippen LogP contribution in [0, 0.1) is 0 Å². The molecule has 5 N–H and O–H groups in total. The second-order valence-electron chi connectivity index (χ2n) is 5.67. The molecule has 0 radical (unpaired) electrons. The summed E-state index contributed by atoms with van der Waals surface area (Å²) in [6, 6.07) is -0.996. The first-order valence-corrected chi connectivity index (χ1v) is 8.25. The molecule has 0 aromatic carbocycles. The Morgan fingerprint density at radius 1 is 1.04 bits per heavy atom. The van der Waals surface area contributed by atoms with Gasteiger partial charge in [0.2, 0.25) is 5.91 Å². The van der Waals surface area contributed by atoms with Crippen molar-refractivity contribution in [1.82, 2.24) is 5.32 Å². The number of rotatable bonds is 12. The summed E-state index contributed by atoms with van der Waals surface area (Å²) in [6.45, 7) is 1.54. The minimum Gasteiger partial charge on any atom is -0.481 e. The number of aliphatic hydroxyl groups excluding tert-OH is 3. The molecule has 1 aliphatic rings. The van der Waals surface area contributed by atoms with Gasteiger partial charge in [-0.25, -0.2) is 0 Å². The van der Waals surface area contributed by atoms with E-state index in [1.807, 2.05) is 0 Å². The smallest absolute Gasteiger partial charge is 0.305 e. The number of ether oxygens (including phenoxy) is 4. The fraction of sp³-hybridized carbons (Fsp3) is 0.867. The molecule has 1 rings (SSSR count). The summed E-state index contributed by atoms with van der Waals surface area (Å²) in [5.41, 5.74) is 0. The van der Waals surface area contributed by atoms with Gasteiger partial charge in [0.25, 0.3) is 0 Å². The highest BCUT2D eigenvalue weighted by atomic mass is 16.7. The van der Waals surface area contributed by atoms with Crippen LogP contribution in [0.2, 0.25) is 0 Å². The lowest BCUT2D eigenvalue weighted by atomic mass is 9.97. The van der Waals surface area contributed by atoms with Crippen LogP contribution in [-0.2, 0) is 28.5 Å². The Kier molecular flexibility index (Phi) is 10.6. The molecule has 152 valence electrons. The SMILES string of the molecule is CC(=O)N[C@H]1[C@@H](OCCOCCOCCC(=O)O)O[C@H](CO)[C@H](O)[C@@H]1O. The monoisotopic (exact) mass is 381 g/mol. The molecule has 5 atom stereocenters. The number of carbonyl (C=O) groups is 2. The van der Waals surface area contributed by atoms with Gasteiger partial charge in [0.05, 0.1) is 46.1 Å². The highest BCUT2D eigenvalue weighted by molar-refractivity contribution is 5.73. The van der Waals surface area contributed by atoms with Crippen molar-refractivity contribution in [2.24, 2.45) is 0 Å². The summed E-state index contributed by atoms with van der Waals surface area (Å²) in [6.07, 6.45) is -4.91. The van der Waals surface area contributed by atoms with Crippen LogP contribution in [0.15, 0.2) is 0 Å². The zero-order valence-electron chi connectivity index (χ0n) is 14.6. The molecule has 1 fully saturated rings. The van der Waals surface area contributed by atoms with E-state index in [0.717, 1.165) is 0 Å². The van der Waals surface area contributed by atoms with Gasteiger partial charge in [-0.1, -0.05) is 0 Å². The molecule has 11 nitrogen and oxygen atoms in total. The van der Waals surface area contributed by atoms with E-state index in [1.165, 1.54) is 6.92 Å². The molecule has 0 aromatic heterocycles. The lowest BCUT2D eigenvalue weighted by Crippen LogP contribution is -2.64. The lowest BCUT2D eigenvalue weighted by Gasteiger charge is -2.42. The molecular weight excluding hydrogens is 354 g/mol. The zero-order chi connectivity index (χ0) is 19.5.